The second kappa shape index (κ2) is 7.01. The van der Waals surface area contributed by atoms with Crippen LogP contribution in [0.25, 0.3) is 0 Å². The molecule has 1 fully saturated rings. The highest BCUT2D eigenvalue weighted by molar-refractivity contribution is 7.87. The van der Waals surface area contributed by atoms with Gasteiger partial charge in [0.15, 0.2) is 0 Å². The summed E-state index contributed by atoms with van der Waals surface area (Å²) < 4.78 is 34.6. The fourth-order valence-electron chi connectivity index (χ4n) is 2.36. The van der Waals surface area contributed by atoms with E-state index in [1.165, 1.54) is 0 Å². The summed E-state index contributed by atoms with van der Waals surface area (Å²) >= 11 is 0. The smallest absolute Gasteiger partial charge is 0.326 e. The van der Waals surface area contributed by atoms with Gasteiger partial charge in [-0.3, -0.25) is 4.79 Å². The van der Waals surface area contributed by atoms with Gasteiger partial charge in [0, 0.05) is 13.0 Å². The number of amides is 1. The first kappa shape index (κ1) is 16.9. The molecule has 0 aliphatic carbocycles. The molecule has 0 saturated carbocycles. The molecule has 6 nitrogen and oxygen atoms in total. The van der Waals surface area contributed by atoms with Crippen molar-refractivity contribution in [2.75, 3.05) is 6.54 Å². The molecule has 1 amide bonds. The van der Waals surface area contributed by atoms with E-state index in [9.17, 15) is 21.9 Å². The fourth-order valence-corrected chi connectivity index (χ4v) is 3.04. The number of carbonyl (C=O) groups is 2. The Morgan fingerprint density at radius 1 is 1.45 bits per heavy atom. The van der Waals surface area contributed by atoms with Crippen molar-refractivity contribution in [3.05, 3.63) is 0 Å². The highest BCUT2D eigenvalue weighted by Gasteiger charge is 2.42. The molecule has 0 aromatic carbocycles. The lowest BCUT2D eigenvalue weighted by Gasteiger charge is -2.24. The van der Waals surface area contributed by atoms with Crippen LogP contribution in [0.15, 0.2) is 0 Å². The van der Waals surface area contributed by atoms with E-state index >= 15 is 0 Å². The van der Waals surface area contributed by atoms with Gasteiger partial charge in [0.05, 0.1) is 0 Å². The highest BCUT2D eigenvalue weighted by atomic mass is 32.3. The third kappa shape index (κ3) is 4.43. The van der Waals surface area contributed by atoms with Crippen LogP contribution in [-0.4, -0.2) is 48.1 Å². The molecule has 20 heavy (non-hydrogen) atoms. The van der Waals surface area contributed by atoms with Crippen molar-refractivity contribution in [1.82, 2.24) is 4.90 Å². The second-order valence-corrected chi connectivity index (χ2v) is 6.67. The molecule has 116 valence electrons. The summed E-state index contributed by atoms with van der Waals surface area (Å²) in [4.78, 5) is 23.9. The van der Waals surface area contributed by atoms with Gasteiger partial charge in [0.1, 0.15) is 11.3 Å². The van der Waals surface area contributed by atoms with Gasteiger partial charge in [-0.15, -0.1) is 3.89 Å². The zero-order valence-electron chi connectivity index (χ0n) is 11.4. The van der Waals surface area contributed by atoms with Crippen molar-refractivity contribution in [2.24, 2.45) is 0 Å². The molecule has 8 heteroatoms. The second-order valence-electron chi connectivity index (χ2n) is 5.05. The van der Waals surface area contributed by atoms with E-state index in [0.29, 0.717) is 6.42 Å². The van der Waals surface area contributed by atoms with Crippen LogP contribution in [0.1, 0.15) is 45.4 Å². The van der Waals surface area contributed by atoms with Crippen LogP contribution in [0, 0.1) is 0 Å². The average molecular weight is 309 g/mol. The molecular formula is C12H20FNO5S. The van der Waals surface area contributed by atoms with Crippen molar-refractivity contribution >= 4 is 22.1 Å². The van der Waals surface area contributed by atoms with Crippen LogP contribution in [-0.2, 0) is 19.8 Å². The minimum atomic E-state index is -4.81. The number of halogens is 1. The van der Waals surface area contributed by atoms with Crippen molar-refractivity contribution in [2.45, 2.75) is 56.7 Å². The van der Waals surface area contributed by atoms with E-state index in [4.69, 9.17) is 5.11 Å². The minimum Gasteiger partial charge on any atom is -0.480 e. The molecule has 0 radical (unpaired) electrons. The molecule has 1 aliphatic rings. The third-order valence-corrected chi connectivity index (χ3v) is 4.63. The molecule has 1 rings (SSSR count). The SMILES string of the molecule is CCCCCCC(C(=O)O)N1CC(S(=O)(=O)F)CC1=O. The number of carboxylic acid groups (broad SMARTS) is 1. The zero-order chi connectivity index (χ0) is 15.3. The Morgan fingerprint density at radius 2 is 2.10 bits per heavy atom. The van der Waals surface area contributed by atoms with Crippen LogP contribution in [0.2, 0.25) is 0 Å². The van der Waals surface area contributed by atoms with Gasteiger partial charge in [0.25, 0.3) is 0 Å². The van der Waals surface area contributed by atoms with E-state index in [0.717, 1.165) is 24.2 Å². The van der Waals surface area contributed by atoms with Crippen molar-refractivity contribution in [3.63, 3.8) is 0 Å². The quantitative estimate of drug-likeness (QED) is 0.539. The largest absolute Gasteiger partial charge is 0.480 e. The predicted molar refractivity (Wildman–Crippen MR) is 70.3 cm³/mol. The Hall–Kier alpha value is -1.18. The van der Waals surface area contributed by atoms with E-state index < -0.39 is 39.8 Å². The van der Waals surface area contributed by atoms with Gasteiger partial charge in [-0.1, -0.05) is 32.6 Å². The lowest BCUT2D eigenvalue weighted by molar-refractivity contribution is -0.148. The Kier molecular flexibility index (Phi) is 5.91. The minimum absolute atomic E-state index is 0.264. The van der Waals surface area contributed by atoms with E-state index in [-0.39, 0.29) is 13.0 Å². The van der Waals surface area contributed by atoms with Crippen molar-refractivity contribution in [1.29, 1.82) is 0 Å². The molecule has 1 N–H and O–H groups in total. The summed E-state index contributed by atoms with van der Waals surface area (Å²) in [6.07, 6.45) is 3.26. The summed E-state index contributed by atoms with van der Waals surface area (Å²) in [7, 11) is -4.81. The first-order valence-corrected chi connectivity index (χ1v) is 8.17. The summed E-state index contributed by atoms with van der Waals surface area (Å²) in [5.41, 5.74) is 0. The van der Waals surface area contributed by atoms with Crippen molar-refractivity contribution in [3.8, 4) is 0 Å². The molecule has 2 atom stereocenters. The number of hydrogen-bond donors (Lipinski definition) is 1. The monoisotopic (exact) mass is 309 g/mol. The number of carbonyl (C=O) groups excluding carboxylic acids is 1. The van der Waals surface area contributed by atoms with Gasteiger partial charge in [-0.05, 0) is 6.42 Å². The average Bonchev–Trinajstić information content (AvgIpc) is 2.71. The Morgan fingerprint density at radius 3 is 2.55 bits per heavy atom. The zero-order valence-corrected chi connectivity index (χ0v) is 12.2. The summed E-state index contributed by atoms with van der Waals surface area (Å²) in [6.45, 7) is 1.65. The number of nitrogens with zero attached hydrogens (tertiary/aromatic N) is 1. The normalized spacial score (nSPS) is 21.2. The number of aliphatic carboxylic acids is 1. The maximum Gasteiger partial charge on any atom is 0.326 e. The van der Waals surface area contributed by atoms with Gasteiger partial charge in [0.2, 0.25) is 5.91 Å². The number of likely N-dealkylation sites (tertiary alicyclic amines) is 1. The number of rotatable bonds is 8. The molecule has 0 aromatic rings. The van der Waals surface area contributed by atoms with Crippen LogP contribution in [0.3, 0.4) is 0 Å². The number of carboxylic acids is 1. The Labute approximate surface area is 118 Å². The predicted octanol–water partition coefficient (Wildman–Crippen LogP) is 1.31. The first-order valence-electron chi connectivity index (χ1n) is 6.73. The van der Waals surface area contributed by atoms with Crippen LogP contribution >= 0.6 is 0 Å². The lowest BCUT2D eigenvalue weighted by Crippen LogP contribution is -2.42. The first-order chi connectivity index (χ1) is 9.27. The molecule has 1 saturated heterocycles. The summed E-state index contributed by atoms with van der Waals surface area (Å²) in [5, 5.41) is 7.72. The Balaban J connectivity index is 2.68. The molecule has 0 bridgehead atoms. The molecule has 1 heterocycles. The van der Waals surface area contributed by atoms with Crippen molar-refractivity contribution < 1.29 is 27.0 Å². The van der Waals surface area contributed by atoms with Gasteiger partial charge < -0.3 is 10.0 Å². The lowest BCUT2D eigenvalue weighted by atomic mass is 10.1. The van der Waals surface area contributed by atoms with Gasteiger partial charge >= 0.3 is 16.2 Å². The maximum atomic E-state index is 12.9. The van der Waals surface area contributed by atoms with E-state index in [1.54, 1.807) is 0 Å². The summed E-state index contributed by atoms with van der Waals surface area (Å²) in [6, 6.07) is -1.06. The van der Waals surface area contributed by atoms with E-state index in [1.807, 2.05) is 6.92 Å². The van der Waals surface area contributed by atoms with Gasteiger partial charge in [-0.2, -0.15) is 8.42 Å². The topological polar surface area (TPSA) is 91.8 Å². The fraction of sp³-hybridized carbons (Fsp3) is 0.833. The standard InChI is InChI=1S/C12H20FNO5S/c1-2-3-4-5-6-10(12(16)17)14-8-9(7-11(14)15)20(13,18)19/h9-10H,2-8H2,1H3,(H,16,17). The molecule has 2 unspecified atom stereocenters. The molecule has 0 aromatic heterocycles. The number of unbranched alkanes of at least 4 members (excludes halogenated alkanes) is 3. The van der Waals surface area contributed by atoms with Crippen LogP contribution < -0.4 is 0 Å². The third-order valence-electron chi connectivity index (χ3n) is 3.51. The number of hydrogen-bond acceptors (Lipinski definition) is 4. The highest BCUT2D eigenvalue weighted by Crippen LogP contribution is 2.24. The molecular weight excluding hydrogens is 289 g/mol. The maximum absolute atomic E-state index is 12.9. The molecule has 0 spiro atoms. The van der Waals surface area contributed by atoms with Crippen LogP contribution in [0.5, 0.6) is 0 Å². The van der Waals surface area contributed by atoms with Crippen LogP contribution in [0.4, 0.5) is 3.89 Å². The molecule has 1 aliphatic heterocycles. The Bertz CT molecular complexity index is 464. The van der Waals surface area contributed by atoms with E-state index in [2.05, 4.69) is 0 Å². The van der Waals surface area contributed by atoms with Gasteiger partial charge in [-0.25, -0.2) is 4.79 Å². The summed E-state index contributed by atoms with van der Waals surface area (Å²) in [5.74, 6) is -1.79.